The maximum Gasteiger partial charge on any atom is 0.229 e. The number of nitrogens with one attached hydrogen (secondary N) is 1. The van der Waals surface area contributed by atoms with Crippen LogP contribution in [0.15, 0.2) is 57.6 Å². The molecular formula is C17H14BrNO3. The first-order chi connectivity index (χ1) is 10.7. The molecule has 0 aliphatic carbocycles. The number of hydrogen-bond donors (Lipinski definition) is 1. The first-order valence-corrected chi connectivity index (χ1v) is 7.55. The summed E-state index contributed by atoms with van der Waals surface area (Å²) in [5.41, 5.74) is 2.27. The average Bonchev–Trinajstić information content (AvgIpc) is 2.90. The molecule has 112 valence electrons. The number of ether oxygens (including phenoxy) is 1. The van der Waals surface area contributed by atoms with Crippen LogP contribution in [0.3, 0.4) is 0 Å². The molecule has 3 aromatic rings. The Kier molecular flexibility index (Phi) is 4.15. The third-order valence-corrected chi connectivity index (χ3v) is 3.84. The van der Waals surface area contributed by atoms with Crippen LogP contribution in [0.4, 0.5) is 5.69 Å². The summed E-state index contributed by atoms with van der Waals surface area (Å²) >= 11 is 3.43. The fourth-order valence-electron chi connectivity index (χ4n) is 2.31. The minimum Gasteiger partial charge on any atom is -0.495 e. The Balaban J connectivity index is 1.80. The number of methoxy groups -OCH3 is 1. The van der Waals surface area contributed by atoms with Gasteiger partial charge in [0.2, 0.25) is 5.91 Å². The lowest BCUT2D eigenvalue weighted by Crippen LogP contribution is -2.14. The van der Waals surface area contributed by atoms with Gasteiger partial charge in [-0.05, 0) is 30.3 Å². The summed E-state index contributed by atoms with van der Waals surface area (Å²) in [6, 6.07) is 13.1. The number of anilines is 1. The molecule has 0 aliphatic heterocycles. The van der Waals surface area contributed by atoms with Gasteiger partial charge in [0.15, 0.2) is 0 Å². The van der Waals surface area contributed by atoms with E-state index in [1.54, 1.807) is 25.5 Å². The molecule has 1 heterocycles. The van der Waals surface area contributed by atoms with Crippen LogP contribution in [0, 0.1) is 0 Å². The molecular weight excluding hydrogens is 346 g/mol. The van der Waals surface area contributed by atoms with Gasteiger partial charge in [-0.1, -0.05) is 28.1 Å². The van der Waals surface area contributed by atoms with Gasteiger partial charge in [-0.25, -0.2) is 0 Å². The lowest BCUT2D eigenvalue weighted by molar-refractivity contribution is -0.115. The molecule has 0 radical (unpaired) electrons. The predicted molar refractivity (Wildman–Crippen MR) is 89.2 cm³/mol. The van der Waals surface area contributed by atoms with Gasteiger partial charge in [-0.15, -0.1) is 0 Å². The van der Waals surface area contributed by atoms with E-state index in [9.17, 15) is 4.79 Å². The van der Waals surface area contributed by atoms with E-state index in [4.69, 9.17) is 9.15 Å². The number of fused-ring (bicyclic) bond motifs is 1. The van der Waals surface area contributed by atoms with Crippen molar-refractivity contribution < 1.29 is 13.9 Å². The van der Waals surface area contributed by atoms with Gasteiger partial charge in [0.25, 0.3) is 0 Å². The number of benzene rings is 2. The van der Waals surface area contributed by atoms with E-state index in [-0.39, 0.29) is 12.3 Å². The quantitative estimate of drug-likeness (QED) is 0.751. The van der Waals surface area contributed by atoms with Crippen molar-refractivity contribution in [2.75, 3.05) is 12.4 Å². The lowest BCUT2D eigenvalue weighted by Gasteiger charge is -2.09. The number of furan rings is 1. The van der Waals surface area contributed by atoms with Gasteiger partial charge >= 0.3 is 0 Å². The van der Waals surface area contributed by atoms with Crippen molar-refractivity contribution in [3.8, 4) is 5.75 Å². The number of carbonyl (C=O) groups is 1. The summed E-state index contributed by atoms with van der Waals surface area (Å²) in [5, 5.41) is 3.80. The Morgan fingerprint density at radius 2 is 2.09 bits per heavy atom. The predicted octanol–water partition coefficient (Wildman–Crippen LogP) is 4.39. The molecule has 1 N–H and O–H groups in total. The Hall–Kier alpha value is -2.27. The number of para-hydroxylation sites is 2. The molecule has 1 amide bonds. The molecule has 5 heteroatoms. The molecule has 0 unspecified atom stereocenters. The molecule has 3 rings (SSSR count). The monoisotopic (exact) mass is 359 g/mol. The van der Waals surface area contributed by atoms with Crippen LogP contribution in [0.1, 0.15) is 5.56 Å². The maximum atomic E-state index is 12.3. The standard InChI is InChI=1S/C17H14BrNO3/c1-21-16-5-3-2-4-14(16)19-17(20)8-11-10-22-15-7-6-12(18)9-13(11)15/h2-7,9-10H,8H2,1H3,(H,19,20). The smallest absolute Gasteiger partial charge is 0.229 e. The highest BCUT2D eigenvalue weighted by molar-refractivity contribution is 9.10. The van der Waals surface area contributed by atoms with Crippen LogP contribution in [0.2, 0.25) is 0 Å². The molecule has 0 fully saturated rings. The van der Waals surface area contributed by atoms with Crippen LogP contribution < -0.4 is 10.1 Å². The Bertz CT molecular complexity index is 826. The van der Waals surface area contributed by atoms with E-state index >= 15 is 0 Å². The summed E-state index contributed by atoms with van der Waals surface area (Å²) in [6.45, 7) is 0. The van der Waals surface area contributed by atoms with Crippen molar-refractivity contribution >= 4 is 38.5 Å². The first-order valence-electron chi connectivity index (χ1n) is 6.76. The van der Waals surface area contributed by atoms with E-state index in [0.29, 0.717) is 11.4 Å². The van der Waals surface area contributed by atoms with Crippen molar-refractivity contribution in [1.29, 1.82) is 0 Å². The van der Waals surface area contributed by atoms with Crippen LogP contribution >= 0.6 is 15.9 Å². The largest absolute Gasteiger partial charge is 0.495 e. The molecule has 4 nitrogen and oxygen atoms in total. The molecule has 0 saturated carbocycles. The van der Waals surface area contributed by atoms with E-state index in [0.717, 1.165) is 21.0 Å². The van der Waals surface area contributed by atoms with E-state index in [2.05, 4.69) is 21.2 Å². The van der Waals surface area contributed by atoms with Gasteiger partial charge in [-0.3, -0.25) is 4.79 Å². The number of halogens is 1. The minimum absolute atomic E-state index is 0.118. The van der Waals surface area contributed by atoms with E-state index < -0.39 is 0 Å². The summed E-state index contributed by atoms with van der Waals surface area (Å²) in [4.78, 5) is 12.3. The van der Waals surface area contributed by atoms with Gasteiger partial charge < -0.3 is 14.5 Å². The Morgan fingerprint density at radius 3 is 2.91 bits per heavy atom. The fourth-order valence-corrected chi connectivity index (χ4v) is 2.67. The lowest BCUT2D eigenvalue weighted by atomic mass is 10.1. The zero-order valence-corrected chi connectivity index (χ0v) is 13.5. The fraction of sp³-hybridized carbons (Fsp3) is 0.118. The maximum absolute atomic E-state index is 12.3. The number of rotatable bonds is 4. The molecule has 0 spiro atoms. The van der Waals surface area contributed by atoms with Crippen LogP contribution in [-0.4, -0.2) is 13.0 Å². The zero-order valence-electron chi connectivity index (χ0n) is 11.9. The molecule has 2 aromatic carbocycles. The normalized spacial score (nSPS) is 10.6. The highest BCUT2D eigenvalue weighted by Crippen LogP contribution is 2.26. The second-order valence-electron chi connectivity index (χ2n) is 4.83. The van der Waals surface area contributed by atoms with Crippen molar-refractivity contribution in [3.63, 3.8) is 0 Å². The second-order valence-corrected chi connectivity index (χ2v) is 5.74. The topological polar surface area (TPSA) is 51.5 Å². The summed E-state index contributed by atoms with van der Waals surface area (Å²) < 4.78 is 11.7. The summed E-state index contributed by atoms with van der Waals surface area (Å²) in [5.74, 6) is 0.517. The Morgan fingerprint density at radius 1 is 1.27 bits per heavy atom. The molecule has 22 heavy (non-hydrogen) atoms. The van der Waals surface area contributed by atoms with Crippen LogP contribution in [0.5, 0.6) is 5.75 Å². The van der Waals surface area contributed by atoms with E-state index in [1.165, 1.54) is 0 Å². The highest BCUT2D eigenvalue weighted by Gasteiger charge is 2.12. The minimum atomic E-state index is -0.118. The van der Waals surface area contributed by atoms with Gasteiger partial charge in [0.1, 0.15) is 11.3 Å². The third kappa shape index (κ3) is 2.99. The molecule has 0 saturated heterocycles. The van der Waals surface area contributed by atoms with Crippen LogP contribution in [0.25, 0.3) is 11.0 Å². The first kappa shape index (κ1) is 14.7. The highest BCUT2D eigenvalue weighted by atomic mass is 79.9. The van der Waals surface area contributed by atoms with Crippen LogP contribution in [-0.2, 0) is 11.2 Å². The number of hydrogen-bond acceptors (Lipinski definition) is 3. The molecule has 0 bridgehead atoms. The van der Waals surface area contributed by atoms with Crippen molar-refractivity contribution in [3.05, 3.63) is 58.8 Å². The summed E-state index contributed by atoms with van der Waals surface area (Å²) in [6.07, 6.45) is 1.86. The molecule has 1 aromatic heterocycles. The van der Waals surface area contributed by atoms with E-state index in [1.807, 2.05) is 30.3 Å². The van der Waals surface area contributed by atoms with Crippen molar-refractivity contribution in [1.82, 2.24) is 0 Å². The number of carbonyl (C=O) groups excluding carboxylic acids is 1. The van der Waals surface area contributed by atoms with Gasteiger partial charge in [0, 0.05) is 15.4 Å². The van der Waals surface area contributed by atoms with Gasteiger partial charge in [0.05, 0.1) is 25.5 Å². The second kappa shape index (κ2) is 6.23. The number of amides is 1. The van der Waals surface area contributed by atoms with Gasteiger partial charge in [-0.2, -0.15) is 0 Å². The Labute approximate surface area is 136 Å². The van der Waals surface area contributed by atoms with Crippen molar-refractivity contribution in [2.45, 2.75) is 6.42 Å². The summed E-state index contributed by atoms with van der Waals surface area (Å²) in [7, 11) is 1.58. The zero-order chi connectivity index (χ0) is 15.5. The SMILES string of the molecule is COc1ccccc1NC(=O)Cc1coc2ccc(Br)cc12. The molecule has 0 atom stereocenters. The third-order valence-electron chi connectivity index (χ3n) is 3.35. The molecule has 0 aliphatic rings. The van der Waals surface area contributed by atoms with Crippen molar-refractivity contribution in [2.24, 2.45) is 0 Å². The average molecular weight is 360 g/mol.